The van der Waals surface area contributed by atoms with Crippen LogP contribution in [0, 0.1) is 0 Å². The summed E-state index contributed by atoms with van der Waals surface area (Å²) in [4.78, 5) is 5.01. The van der Waals surface area contributed by atoms with Crippen LogP contribution in [-0.2, 0) is 0 Å². The molecule has 1 saturated heterocycles. The number of nitrogens with zero attached hydrogens (tertiary/aromatic N) is 4. The quantitative estimate of drug-likeness (QED) is 0.297. The molecule has 2 aromatic carbocycles. The van der Waals surface area contributed by atoms with Gasteiger partial charge in [-0.25, -0.2) is 0 Å². The highest BCUT2D eigenvalue weighted by Gasteiger charge is 2.16. The Kier molecular flexibility index (Phi) is 9.39. The summed E-state index contributed by atoms with van der Waals surface area (Å²) in [7, 11) is 1.59. The molecule has 1 atom stereocenters. The summed E-state index contributed by atoms with van der Waals surface area (Å²) in [5.41, 5.74) is 3.94. The summed E-state index contributed by atoms with van der Waals surface area (Å²) < 4.78 is 5.29. The van der Waals surface area contributed by atoms with Gasteiger partial charge < -0.3 is 14.7 Å². The number of rotatable bonds is 11. The normalized spacial score (nSPS) is 15.9. The molecule has 31 heavy (non-hydrogen) atoms. The minimum absolute atomic E-state index is 0.512. The van der Waals surface area contributed by atoms with E-state index in [9.17, 15) is 5.11 Å². The lowest BCUT2D eigenvalue weighted by atomic mass is 10.0. The second-order valence-corrected chi connectivity index (χ2v) is 7.99. The van der Waals surface area contributed by atoms with Crippen molar-refractivity contribution in [2.75, 3.05) is 44.7 Å². The molecule has 1 aliphatic rings. The lowest BCUT2D eigenvalue weighted by Gasteiger charge is -2.36. The number of ether oxygens (including phenoxy) is 1. The van der Waals surface area contributed by atoms with Crippen molar-refractivity contribution in [2.24, 2.45) is 10.2 Å². The van der Waals surface area contributed by atoms with Crippen LogP contribution in [0.25, 0.3) is 0 Å². The molecule has 166 valence electrons. The number of thiocarbonyl (C=S) groups is 1. The van der Waals surface area contributed by atoms with Crippen LogP contribution in [0.2, 0.25) is 0 Å². The second-order valence-electron chi connectivity index (χ2n) is 7.78. The maximum atomic E-state index is 10.6. The molecule has 2 aromatic rings. The van der Waals surface area contributed by atoms with Crippen molar-refractivity contribution in [3.63, 3.8) is 0 Å². The monoisotopic (exact) mass is 440 g/mol. The fourth-order valence-corrected chi connectivity index (χ4v) is 4.01. The van der Waals surface area contributed by atoms with Crippen molar-refractivity contribution >= 4 is 29.1 Å². The van der Waals surface area contributed by atoms with Crippen molar-refractivity contribution in [3.8, 4) is 5.75 Å². The molecule has 1 unspecified atom stereocenters. The van der Waals surface area contributed by atoms with E-state index in [0.29, 0.717) is 11.4 Å². The molecule has 0 bridgehead atoms. The number of aliphatic hydroxyl groups is 1. The first kappa shape index (κ1) is 23.3. The SMILES string of the molecule is COc1ccc(C(O)CCCCCN2CCN(c3ccccc3)CC2)cc1N=NC=S. The van der Waals surface area contributed by atoms with Crippen molar-refractivity contribution in [1.82, 2.24) is 4.90 Å². The fourth-order valence-electron chi connectivity index (χ4n) is 3.96. The first-order chi connectivity index (χ1) is 15.2. The molecule has 0 aromatic heterocycles. The lowest BCUT2D eigenvalue weighted by molar-refractivity contribution is 0.162. The molecule has 6 nitrogen and oxygen atoms in total. The number of methoxy groups -OCH3 is 1. The molecule has 7 heteroatoms. The predicted octanol–water partition coefficient (Wildman–Crippen LogP) is 5.15. The van der Waals surface area contributed by atoms with Crippen LogP contribution >= 0.6 is 12.2 Å². The molecule has 1 fully saturated rings. The third-order valence-electron chi connectivity index (χ3n) is 5.75. The van der Waals surface area contributed by atoms with Crippen molar-refractivity contribution in [1.29, 1.82) is 0 Å². The number of aliphatic hydroxyl groups excluding tert-OH is 1. The van der Waals surface area contributed by atoms with E-state index in [1.54, 1.807) is 7.11 Å². The average Bonchev–Trinajstić information content (AvgIpc) is 2.83. The van der Waals surface area contributed by atoms with E-state index >= 15 is 0 Å². The molecule has 0 aliphatic carbocycles. The smallest absolute Gasteiger partial charge is 0.146 e. The van der Waals surface area contributed by atoms with Crippen LogP contribution in [0.15, 0.2) is 58.8 Å². The van der Waals surface area contributed by atoms with Gasteiger partial charge in [0.15, 0.2) is 0 Å². The molecule has 0 amide bonds. The van der Waals surface area contributed by atoms with Crippen LogP contribution in [0.3, 0.4) is 0 Å². The van der Waals surface area contributed by atoms with Gasteiger partial charge in [-0.05, 0) is 49.2 Å². The number of benzene rings is 2. The van der Waals surface area contributed by atoms with Crippen LogP contribution in [0.1, 0.15) is 37.4 Å². The molecule has 1 N–H and O–H groups in total. The zero-order chi connectivity index (χ0) is 21.9. The zero-order valence-corrected chi connectivity index (χ0v) is 19.0. The van der Waals surface area contributed by atoms with Crippen LogP contribution in [0.5, 0.6) is 5.75 Å². The largest absolute Gasteiger partial charge is 0.494 e. The Morgan fingerprint density at radius 1 is 1.06 bits per heavy atom. The first-order valence-corrected chi connectivity index (χ1v) is 11.4. The van der Waals surface area contributed by atoms with Crippen LogP contribution in [-0.4, -0.2) is 55.3 Å². The van der Waals surface area contributed by atoms with E-state index in [-0.39, 0.29) is 0 Å². The third kappa shape index (κ3) is 7.09. The van der Waals surface area contributed by atoms with Crippen molar-refractivity contribution < 1.29 is 9.84 Å². The second kappa shape index (κ2) is 12.5. The van der Waals surface area contributed by atoms with Gasteiger partial charge >= 0.3 is 0 Å². The van der Waals surface area contributed by atoms with Gasteiger partial charge in [-0.3, -0.25) is 4.90 Å². The number of hydrogen-bond acceptors (Lipinski definition) is 6. The first-order valence-electron chi connectivity index (χ1n) is 10.9. The standard InChI is InChI=1S/C24H32N4O2S/c1-30-24-12-11-20(18-22(24)26-25-19-31)23(29)10-6-3-7-13-27-14-16-28(17-15-27)21-8-4-2-5-9-21/h2,4-5,8-9,11-12,18-19,23,29H,3,6-7,10,13-17H2,1H3. The minimum Gasteiger partial charge on any atom is -0.494 e. The number of piperazine rings is 1. The average molecular weight is 441 g/mol. The summed E-state index contributed by atoms with van der Waals surface area (Å²) in [6, 6.07) is 16.2. The van der Waals surface area contributed by atoms with E-state index in [4.69, 9.17) is 17.0 Å². The van der Waals surface area contributed by atoms with Gasteiger partial charge in [0, 0.05) is 31.9 Å². The van der Waals surface area contributed by atoms with Gasteiger partial charge in [-0.2, -0.15) is 0 Å². The summed E-state index contributed by atoms with van der Waals surface area (Å²) in [6.07, 6.45) is 3.49. The Morgan fingerprint density at radius 2 is 1.84 bits per heavy atom. The Balaban J connectivity index is 1.35. The van der Waals surface area contributed by atoms with E-state index in [2.05, 4.69) is 50.4 Å². The molecular formula is C24H32N4O2S. The van der Waals surface area contributed by atoms with Gasteiger partial charge in [0.05, 0.1) is 13.2 Å². The number of hydrogen-bond donors (Lipinski definition) is 1. The van der Waals surface area contributed by atoms with E-state index in [1.165, 1.54) is 11.2 Å². The maximum absolute atomic E-state index is 10.6. The molecule has 1 aliphatic heterocycles. The third-order valence-corrected chi connectivity index (χ3v) is 5.84. The zero-order valence-electron chi connectivity index (χ0n) is 18.2. The van der Waals surface area contributed by atoms with E-state index in [1.807, 2.05) is 18.2 Å². The number of para-hydroxylation sites is 1. The minimum atomic E-state index is -0.512. The Bertz CT molecular complexity index is 839. The summed E-state index contributed by atoms with van der Waals surface area (Å²) in [6.45, 7) is 5.53. The maximum Gasteiger partial charge on any atom is 0.146 e. The topological polar surface area (TPSA) is 60.7 Å². The van der Waals surface area contributed by atoms with Crippen molar-refractivity contribution in [2.45, 2.75) is 31.8 Å². The van der Waals surface area contributed by atoms with Crippen molar-refractivity contribution in [3.05, 3.63) is 54.1 Å². The Labute approximate surface area is 190 Å². The summed E-state index contributed by atoms with van der Waals surface area (Å²) in [5.74, 6) is 0.615. The van der Waals surface area contributed by atoms with Crippen LogP contribution < -0.4 is 9.64 Å². The van der Waals surface area contributed by atoms with Gasteiger partial charge in [0.2, 0.25) is 0 Å². The predicted molar refractivity (Wildman–Crippen MR) is 130 cm³/mol. The number of anilines is 1. The van der Waals surface area contributed by atoms with E-state index in [0.717, 1.165) is 64.0 Å². The van der Waals surface area contributed by atoms with Crippen LogP contribution in [0.4, 0.5) is 11.4 Å². The van der Waals surface area contributed by atoms with Gasteiger partial charge in [0.25, 0.3) is 0 Å². The Morgan fingerprint density at radius 3 is 2.55 bits per heavy atom. The van der Waals surface area contributed by atoms with Gasteiger partial charge in [-0.1, -0.05) is 49.3 Å². The highest BCUT2D eigenvalue weighted by Crippen LogP contribution is 2.32. The highest BCUT2D eigenvalue weighted by atomic mass is 32.1. The van der Waals surface area contributed by atoms with E-state index < -0.39 is 6.10 Å². The molecule has 0 radical (unpaired) electrons. The highest BCUT2D eigenvalue weighted by molar-refractivity contribution is 7.78. The fraction of sp³-hybridized carbons (Fsp3) is 0.458. The Hall–Kier alpha value is -2.35. The van der Waals surface area contributed by atoms with Gasteiger partial charge in [-0.15, -0.1) is 10.2 Å². The molecule has 0 spiro atoms. The molecular weight excluding hydrogens is 408 g/mol. The molecule has 1 heterocycles. The summed E-state index contributed by atoms with van der Waals surface area (Å²) >= 11 is 4.69. The number of unbranched alkanes of at least 4 members (excludes halogenated alkanes) is 2. The molecule has 3 rings (SSSR count). The molecule has 0 saturated carbocycles. The number of azo groups is 1. The van der Waals surface area contributed by atoms with Gasteiger partial charge in [0.1, 0.15) is 16.9 Å². The summed E-state index contributed by atoms with van der Waals surface area (Å²) in [5, 5.41) is 18.4. The lowest BCUT2D eigenvalue weighted by Crippen LogP contribution is -2.46.